The second-order valence-corrected chi connectivity index (χ2v) is 4.28. The van der Waals surface area contributed by atoms with Gasteiger partial charge >= 0.3 is 0 Å². The van der Waals surface area contributed by atoms with Crippen molar-refractivity contribution >= 4 is 10.0 Å². The van der Waals surface area contributed by atoms with Gasteiger partial charge in [0.15, 0.2) is 0 Å². The smallest absolute Gasteiger partial charge is 0.238 e. The summed E-state index contributed by atoms with van der Waals surface area (Å²) in [5, 5.41) is 7.90. The fourth-order valence-electron chi connectivity index (χ4n) is 1.00. The molecule has 3 N–H and O–H groups in total. The molecule has 0 atom stereocenters. The predicted octanol–water partition coefficient (Wildman–Crippen LogP) is 0.0534. The molecule has 0 heterocycles. The second-order valence-electron chi connectivity index (χ2n) is 2.72. The summed E-state index contributed by atoms with van der Waals surface area (Å²) in [4.78, 5) is 0.146. The van der Waals surface area contributed by atoms with Gasteiger partial charge in [-0.05, 0) is 24.7 Å². The molecule has 5 heteroatoms. The van der Waals surface area contributed by atoms with Crippen LogP contribution in [0.5, 0.6) is 0 Å². The zero-order valence-corrected chi connectivity index (χ0v) is 8.14. The van der Waals surface area contributed by atoms with Crippen LogP contribution in [-0.2, 0) is 16.6 Å². The molecule has 0 fully saturated rings. The third-order valence-corrected chi connectivity index (χ3v) is 2.56. The molecular formula is C8H12N2O2S. The molecule has 0 saturated carbocycles. The Labute approximate surface area is 77.8 Å². The average molecular weight is 200 g/mol. The van der Waals surface area contributed by atoms with Gasteiger partial charge in [0.05, 0.1) is 4.90 Å². The quantitative estimate of drug-likeness (QED) is 0.724. The molecule has 0 aliphatic rings. The Kier molecular flexibility index (Phi) is 3.02. The molecule has 72 valence electrons. The summed E-state index contributed by atoms with van der Waals surface area (Å²) in [7, 11) is -1.73. The van der Waals surface area contributed by atoms with Crippen LogP contribution in [0.25, 0.3) is 0 Å². The lowest BCUT2D eigenvalue weighted by Crippen LogP contribution is -2.12. The van der Waals surface area contributed by atoms with Crippen molar-refractivity contribution in [2.24, 2.45) is 5.14 Å². The Morgan fingerprint density at radius 2 is 1.85 bits per heavy atom. The number of benzene rings is 1. The van der Waals surface area contributed by atoms with Gasteiger partial charge in [-0.15, -0.1) is 0 Å². The van der Waals surface area contributed by atoms with Gasteiger partial charge in [-0.2, -0.15) is 0 Å². The van der Waals surface area contributed by atoms with E-state index < -0.39 is 10.0 Å². The molecule has 4 nitrogen and oxygen atoms in total. The lowest BCUT2D eigenvalue weighted by molar-refractivity contribution is 0.597. The van der Waals surface area contributed by atoms with Crippen LogP contribution >= 0.6 is 0 Å². The molecule has 0 amide bonds. The molecule has 0 unspecified atom stereocenters. The van der Waals surface area contributed by atoms with Gasteiger partial charge in [-0.25, -0.2) is 13.6 Å². The highest BCUT2D eigenvalue weighted by Gasteiger charge is 2.05. The van der Waals surface area contributed by atoms with Crippen molar-refractivity contribution in [3.63, 3.8) is 0 Å². The summed E-state index contributed by atoms with van der Waals surface area (Å²) in [5.41, 5.74) is 1.02. The van der Waals surface area contributed by atoms with Gasteiger partial charge in [-0.3, -0.25) is 0 Å². The summed E-state index contributed by atoms with van der Waals surface area (Å²) < 4.78 is 21.7. The first kappa shape index (κ1) is 10.2. The third-order valence-electron chi connectivity index (χ3n) is 1.63. The van der Waals surface area contributed by atoms with Crippen LogP contribution in [0.15, 0.2) is 29.2 Å². The highest BCUT2D eigenvalue weighted by atomic mass is 32.2. The van der Waals surface area contributed by atoms with E-state index in [1.165, 1.54) is 12.1 Å². The van der Waals surface area contributed by atoms with Crippen LogP contribution in [-0.4, -0.2) is 15.5 Å². The molecular weight excluding hydrogens is 188 g/mol. The highest BCUT2D eigenvalue weighted by Crippen LogP contribution is 2.08. The van der Waals surface area contributed by atoms with E-state index in [0.29, 0.717) is 6.54 Å². The summed E-state index contributed by atoms with van der Waals surface area (Å²) in [5.74, 6) is 0. The van der Waals surface area contributed by atoms with Gasteiger partial charge in [0.1, 0.15) is 0 Å². The summed E-state index contributed by atoms with van der Waals surface area (Å²) in [6.07, 6.45) is 0. The first-order valence-electron chi connectivity index (χ1n) is 3.80. The maximum Gasteiger partial charge on any atom is 0.238 e. The van der Waals surface area contributed by atoms with Crippen LogP contribution in [0.1, 0.15) is 5.56 Å². The number of hydrogen-bond donors (Lipinski definition) is 2. The first-order valence-corrected chi connectivity index (χ1v) is 5.35. The van der Waals surface area contributed by atoms with E-state index in [9.17, 15) is 8.42 Å². The van der Waals surface area contributed by atoms with E-state index in [1.54, 1.807) is 12.1 Å². The van der Waals surface area contributed by atoms with E-state index in [4.69, 9.17) is 5.14 Å². The highest BCUT2D eigenvalue weighted by molar-refractivity contribution is 7.89. The normalized spacial score (nSPS) is 11.5. The maximum atomic E-state index is 10.9. The zero-order chi connectivity index (χ0) is 9.90. The Bertz CT molecular complexity index is 370. The minimum absolute atomic E-state index is 0.146. The molecule has 1 aromatic rings. The summed E-state index contributed by atoms with van der Waals surface area (Å²) in [6, 6.07) is 6.47. The van der Waals surface area contributed by atoms with Crippen molar-refractivity contribution in [1.29, 1.82) is 0 Å². The van der Waals surface area contributed by atoms with E-state index in [1.807, 2.05) is 7.05 Å². The lowest BCUT2D eigenvalue weighted by Gasteiger charge is -2.01. The van der Waals surface area contributed by atoms with Gasteiger partial charge in [0.25, 0.3) is 0 Å². The predicted molar refractivity (Wildman–Crippen MR) is 50.6 cm³/mol. The summed E-state index contributed by atoms with van der Waals surface area (Å²) >= 11 is 0. The number of nitrogens with one attached hydrogen (secondary N) is 1. The van der Waals surface area contributed by atoms with Crippen molar-refractivity contribution in [3.05, 3.63) is 29.8 Å². The fourth-order valence-corrected chi connectivity index (χ4v) is 1.52. The van der Waals surface area contributed by atoms with Crippen molar-refractivity contribution in [1.82, 2.24) is 5.32 Å². The number of rotatable bonds is 3. The van der Waals surface area contributed by atoms with Crippen molar-refractivity contribution in [2.45, 2.75) is 11.4 Å². The van der Waals surface area contributed by atoms with Gasteiger partial charge in [0.2, 0.25) is 10.0 Å². The van der Waals surface area contributed by atoms with E-state index in [2.05, 4.69) is 5.32 Å². The molecule has 13 heavy (non-hydrogen) atoms. The van der Waals surface area contributed by atoms with Crippen LogP contribution in [0.3, 0.4) is 0 Å². The molecule has 1 aromatic carbocycles. The number of nitrogens with two attached hydrogens (primary N) is 1. The Balaban J connectivity index is 2.94. The monoisotopic (exact) mass is 200 g/mol. The van der Waals surface area contributed by atoms with Crippen molar-refractivity contribution in [3.8, 4) is 0 Å². The SMILES string of the molecule is CNCc1ccc(S(N)(=O)=O)cc1. The largest absolute Gasteiger partial charge is 0.316 e. The van der Waals surface area contributed by atoms with Crippen LogP contribution in [0.2, 0.25) is 0 Å². The molecule has 0 bridgehead atoms. The van der Waals surface area contributed by atoms with E-state index >= 15 is 0 Å². The van der Waals surface area contributed by atoms with Crippen LogP contribution < -0.4 is 10.5 Å². The molecule has 0 radical (unpaired) electrons. The molecule has 0 aliphatic heterocycles. The second kappa shape index (κ2) is 3.87. The summed E-state index contributed by atoms with van der Waals surface area (Å²) in [6.45, 7) is 0.713. The molecule has 0 aliphatic carbocycles. The molecule has 1 rings (SSSR count). The number of hydrogen-bond acceptors (Lipinski definition) is 3. The Hall–Kier alpha value is -0.910. The fraction of sp³-hybridized carbons (Fsp3) is 0.250. The van der Waals surface area contributed by atoms with E-state index in [-0.39, 0.29) is 4.90 Å². The van der Waals surface area contributed by atoms with Crippen molar-refractivity contribution < 1.29 is 8.42 Å². The van der Waals surface area contributed by atoms with Crippen LogP contribution in [0.4, 0.5) is 0 Å². The number of primary sulfonamides is 1. The molecule has 0 aromatic heterocycles. The maximum absolute atomic E-state index is 10.9. The van der Waals surface area contributed by atoms with Crippen LogP contribution in [0, 0.1) is 0 Å². The van der Waals surface area contributed by atoms with Gasteiger partial charge in [0, 0.05) is 6.54 Å². The van der Waals surface area contributed by atoms with Crippen molar-refractivity contribution in [2.75, 3.05) is 7.05 Å². The van der Waals surface area contributed by atoms with E-state index in [0.717, 1.165) is 5.56 Å². The third kappa shape index (κ3) is 2.80. The number of sulfonamides is 1. The zero-order valence-electron chi connectivity index (χ0n) is 7.32. The first-order chi connectivity index (χ1) is 6.04. The average Bonchev–Trinajstić information content (AvgIpc) is 2.04. The lowest BCUT2D eigenvalue weighted by atomic mass is 10.2. The molecule has 0 saturated heterocycles. The minimum Gasteiger partial charge on any atom is -0.316 e. The Morgan fingerprint density at radius 3 is 2.23 bits per heavy atom. The van der Waals surface area contributed by atoms with Gasteiger partial charge in [-0.1, -0.05) is 12.1 Å². The van der Waals surface area contributed by atoms with Gasteiger partial charge < -0.3 is 5.32 Å². The minimum atomic E-state index is -3.55. The Morgan fingerprint density at radius 1 is 1.31 bits per heavy atom. The molecule has 0 spiro atoms. The topological polar surface area (TPSA) is 72.2 Å². The standard InChI is InChI=1S/C8H12N2O2S/c1-10-6-7-2-4-8(5-3-7)13(9,11)12/h2-5,10H,6H2,1H3,(H2,9,11,12).